The van der Waals surface area contributed by atoms with Crippen LogP contribution < -0.4 is 4.74 Å². The summed E-state index contributed by atoms with van der Waals surface area (Å²) in [6, 6.07) is 4.54. The van der Waals surface area contributed by atoms with Gasteiger partial charge in [-0.2, -0.15) is 8.78 Å². The zero-order chi connectivity index (χ0) is 9.90. The molecule has 0 bridgehead atoms. The summed E-state index contributed by atoms with van der Waals surface area (Å²) in [5, 5.41) is 8.00. The molecule has 0 atom stereocenters. The quantitative estimate of drug-likeness (QED) is 0.791. The third kappa shape index (κ3) is 3.80. The Morgan fingerprint density at radius 3 is 2.23 bits per heavy atom. The zero-order valence-corrected chi connectivity index (χ0v) is 6.51. The fraction of sp³-hybridized carbons (Fsp3) is 0.250. The van der Waals surface area contributed by atoms with Crippen LogP contribution in [0.1, 0.15) is 0 Å². The SMILES string of the molecule is OC(F)(F)COc1ccc(F)cc1. The second-order valence-electron chi connectivity index (χ2n) is 2.41. The van der Waals surface area contributed by atoms with Crippen LogP contribution in [0.25, 0.3) is 0 Å². The molecule has 72 valence electrons. The molecule has 1 aromatic rings. The number of halogens is 3. The van der Waals surface area contributed by atoms with Crippen LogP contribution in [0, 0.1) is 5.82 Å². The number of alkyl halides is 2. The highest BCUT2D eigenvalue weighted by Crippen LogP contribution is 2.15. The van der Waals surface area contributed by atoms with E-state index in [9.17, 15) is 13.2 Å². The molecule has 0 heterocycles. The molecular formula is C8H7F3O2. The molecule has 0 amide bonds. The van der Waals surface area contributed by atoms with E-state index in [1.165, 1.54) is 12.1 Å². The maximum Gasteiger partial charge on any atom is 0.387 e. The molecule has 1 N–H and O–H groups in total. The van der Waals surface area contributed by atoms with Crippen molar-refractivity contribution in [3.05, 3.63) is 30.1 Å². The van der Waals surface area contributed by atoms with Gasteiger partial charge in [0.05, 0.1) is 0 Å². The van der Waals surface area contributed by atoms with E-state index in [1.807, 2.05) is 0 Å². The van der Waals surface area contributed by atoms with Gasteiger partial charge in [0.1, 0.15) is 11.6 Å². The van der Waals surface area contributed by atoms with E-state index in [0.29, 0.717) is 0 Å². The van der Waals surface area contributed by atoms with Crippen molar-refractivity contribution in [3.8, 4) is 5.75 Å². The van der Waals surface area contributed by atoms with Crippen molar-refractivity contribution in [1.29, 1.82) is 0 Å². The maximum atomic E-state index is 12.3. The molecule has 13 heavy (non-hydrogen) atoms. The fourth-order valence-electron chi connectivity index (χ4n) is 0.701. The number of ether oxygens (including phenoxy) is 1. The first kappa shape index (κ1) is 9.85. The molecule has 0 aromatic heterocycles. The number of benzene rings is 1. The summed E-state index contributed by atoms with van der Waals surface area (Å²) in [4.78, 5) is 0. The predicted octanol–water partition coefficient (Wildman–Crippen LogP) is 1.79. The molecule has 0 saturated heterocycles. The Kier molecular flexibility index (Phi) is 2.77. The standard InChI is InChI=1S/C8H7F3O2/c9-6-1-3-7(4-2-6)13-5-8(10,11)12/h1-4,12H,5H2. The highest BCUT2D eigenvalue weighted by atomic mass is 19.3. The van der Waals surface area contributed by atoms with Gasteiger partial charge in [0.15, 0.2) is 6.61 Å². The lowest BCUT2D eigenvalue weighted by molar-refractivity contribution is -0.216. The molecule has 0 aliphatic rings. The molecule has 2 nitrogen and oxygen atoms in total. The second-order valence-corrected chi connectivity index (χ2v) is 2.41. The van der Waals surface area contributed by atoms with E-state index < -0.39 is 18.5 Å². The zero-order valence-electron chi connectivity index (χ0n) is 6.51. The van der Waals surface area contributed by atoms with Crippen molar-refractivity contribution >= 4 is 0 Å². The summed E-state index contributed by atoms with van der Waals surface area (Å²) in [5.74, 6) is -0.404. The molecule has 0 fully saturated rings. The van der Waals surface area contributed by atoms with Crippen LogP contribution in [0.2, 0.25) is 0 Å². The van der Waals surface area contributed by atoms with E-state index >= 15 is 0 Å². The van der Waals surface area contributed by atoms with Crippen LogP contribution in [-0.4, -0.2) is 17.8 Å². The summed E-state index contributed by atoms with van der Waals surface area (Å²) in [6.07, 6.45) is -3.87. The minimum absolute atomic E-state index is 0.0788. The summed E-state index contributed by atoms with van der Waals surface area (Å²) in [7, 11) is 0. The van der Waals surface area contributed by atoms with Crippen LogP contribution in [0.15, 0.2) is 24.3 Å². The van der Waals surface area contributed by atoms with Gasteiger partial charge in [-0.15, -0.1) is 0 Å². The monoisotopic (exact) mass is 192 g/mol. The molecule has 0 radical (unpaired) electrons. The minimum atomic E-state index is -3.87. The fourth-order valence-corrected chi connectivity index (χ4v) is 0.701. The van der Waals surface area contributed by atoms with Gasteiger partial charge in [-0.3, -0.25) is 0 Å². The topological polar surface area (TPSA) is 29.5 Å². The van der Waals surface area contributed by atoms with Gasteiger partial charge in [-0.25, -0.2) is 4.39 Å². The van der Waals surface area contributed by atoms with Crippen molar-refractivity contribution < 1.29 is 23.0 Å². The molecule has 1 rings (SSSR count). The van der Waals surface area contributed by atoms with Crippen LogP contribution in [0.3, 0.4) is 0 Å². The Morgan fingerprint density at radius 2 is 1.77 bits per heavy atom. The lowest BCUT2D eigenvalue weighted by atomic mass is 10.3. The number of rotatable bonds is 3. The minimum Gasteiger partial charge on any atom is -0.484 e. The van der Waals surface area contributed by atoms with E-state index in [2.05, 4.69) is 4.74 Å². The maximum absolute atomic E-state index is 12.3. The van der Waals surface area contributed by atoms with E-state index in [4.69, 9.17) is 5.11 Å². The molecule has 0 unspecified atom stereocenters. The lowest BCUT2D eigenvalue weighted by Gasteiger charge is -2.10. The smallest absolute Gasteiger partial charge is 0.387 e. The second kappa shape index (κ2) is 3.66. The number of hydrogen-bond donors (Lipinski definition) is 1. The van der Waals surface area contributed by atoms with Gasteiger partial charge in [0.25, 0.3) is 0 Å². The van der Waals surface area contributed by atoms with Crippen LogP contribution in [0.4, 0.5) is 13.2 Å². The molecule has 5 heteroatoms. The van der Waals surface area contributed by atoms with E-state index in [1.54, 1.807) is 0 Å². The van der Waals surface area contributed by atoms with Crippen LogP contribution in [-0.2, 0) is 0 Å². The van der Waals surface area contributed by atoms with E-state index in [-0.39, 0.29) is 5.75 Å². The lowest BCUT2D eigenvalue weighted by Crippen LogP contribution is -2.24. The number of hydrogen-bond acceptors (Lipinski definition) is 2. The Balaban J connectivity index is 2.51. The predicted molar refractivity (Wildman–Crippen MR) is 39.1 cm³/mol. The Bertz CT molecular complexity index is 266. The van der Waals surface area contributed by atoms with Crippen molar-refractivity contribution in [2.75, 3.05) is 6.61 Å². The van der Waals surface area contributed by atoms with Gasteiger partial charge in [-0.1, -0.05) is 0 Å². The Labute approximate surface area is 72.6 Å². The van der Waals surface area contributed by atoms with Crippen LogP contribution >= 0.6 is 0 Å². The highest BCUT2D eigenvalue weighted by molar-refractivity contribution is 5.22. The largest absolute Gasteiger partial charge is 0.484 e. The van der Waals surface area contributed by atoms with Gasteiger partial charge in [-0.05, 0) is 24.3 Å². The first-order valence-corrected chi connectivity index (χ1v) is 3.46. The molecule has 1 aromatic carbocycles. The molecule has 0 aliphatic heterocycles. The summed E-state index contributed by atoms with van der Waals surface area (Å²) in [5.41, 5.74) is 0. The highest BCUT2D eigenvalue weighted by Gasteiger charge is 2.25. The Hall–Kier alpha value is -1.23. The normalized spacial score (nSPS) is 11.4. The third-order valence-corrected chi connectivity index (χ3v) is 1.23. The molecule has 0 spiro atoms. The third-order valence-electron chi connectivity index (χ3n) is 1.23. The van der Waals surface area contributed by atoms with Gasteiger partial charge in [0.2, 0.25) is 0 Å². The average Bonchev–Trinajstić information content (AvgIpc) is 2.02. The molecular weight excluding hydrogens is 185 g/mol. The van der Waals surface area contributed by atoms with Crippen molar-refractivity contribution in [1.82, 2.24) is 0 Å². The Morgan fingerprint density at radius 1 is 1.23 bits per heavy atom. The summed E-state index contributed by atoms with van der Waals surface area (Å²) < 4.78 is 40.5. The molecule has 0 aliphatic carbocycles. The first-order chi connectivity index (χ1) is 5.97. The number of aliphatic hydroxyl groups is 1. The first-order valence-electron chi connectivity index (χ1n) is 3.46. The van der Waals surface area contributed by atoms with Crippen molar-refractivity contribution in [2.45, 2.75) is 6.11 Å². The average molecular weight is 192 g/mol. The molecule has 0 saturated carbocycles. The van der Waals surface area contributed by atoms with Gasteiger partial charge in [0, 0.05) is 0 Å². The van der Waals surface area contributed by atoms with Crippen molar-refractivity contribution in [2.24, 2.45) is 0 Å². The van der Waals surface area contributed by atoms with Gasteiger partial charge < -0.3 is 9.84 Å². The summed E-state index contributed by atoms with van der Waals surface area (Å²) >= 11 is 0. The summed E-state index contributed by atoms with van der Waals surface area (Å²) in [6.45, 7) is -1.14. The van der Waals surface area contributed by atoms with Gasteiger partial charge >= 0.3 is 6.11 Å². The van der Waals surface area contributed by atoms with E-state index in [0.717, 1.165) is 12.1 Å². The van der Waals surface area contributed by atoms with Crippen molar-refractivity contribution in [3.63, 3.8) is 0 Å². The van der Waals surface area contributed by atoms with Crippen LogP contribution in [0.5, 0.6) is 5.75 Å².